The van der Waals surface area contributed by atoms with Crippen molar-refractivity contribution in [1.82, 2.24) is 4.90 Å². The molecule has 1 saturated heterocycles. The normalized spacial score (nSPS) is 26.5. The Balaban J connectivity index is 2.30. The first-order valence-corrected chi connectivity index (χ1v) is 4.70. The first-order valence-electron chi connectivity index (χ1n) is 4.70. The molecular weight excluding hydrogens is 154 g/mol. The molecule has 1 unspecified atom stereocenters. The number of morpholine rings is 1. The van der Waals surface area contributed by atoms with Crippen LogP contribution in [0.5, 0.6) is 0 Å². The van der Waals surface area contributed by atoms with Gasteiger partial charge in [0.2, 0.25) is 0 Å². The van der Waals surface area contributed by atoms with Crippen molar-refractivity contribution in [1.29, 1.82) is 0 Å². The maximum Gasteiger partial charge on any atom is 0.0724 e. The lowest BCUT2D eigenvalue weighted by molar-refractivity contribution is -0.0473. The van der Waals surface area contributed by atoms with E-state index in [2.05, 4.69) is 18.7 Å². The van der Waals surface area contributed by atoms with Crippen LogP contribution in [0, 0.1) is 0 Å². The highest BCUT2D eigenvalue weighted by Gasteiger charge is 2.21. The second-order valence-corrected chi connectivity index (χ2v) is 3.59. The summed E-state index contributed by atoms with van der Waals surface area (Å²) in [6.45, 7) is 7.43. The Morgan fingerprint density at radius 1 is 1.58 bits per heavy atom. The third kappa shape index (κ3) is 2.73. The van der Waals surface area contributed by atoms with E-state index < -0.39 is 0 Å². The largest absolute Gasteiger partial charge is 0.396 e. The standard InChI is InChI=1S/C9H19NO2/c1-8(2)10-4-6-12-9(7-10)3-5-11/h8-9,11H,3-7H2,1-2H3. The number of aliphatic hydroxyl groups excluding tert-OH is 1. The van der Waals surface area contributed by atoms with Crippen LogP contribution in [0.1, 0.15) is 20.3 Å². The highest BCUT2D eigenvalue weighted by Crippen LogP contribution is 2.10. The molecule has 1 fully saturated rings. The molecule has 12 heavy (non-hydrogen) atoms. The predicted octanol–water partition coefficient (Wildman–Crippen LogP) is 0.478. The van der Waals surface area contributed by atoms with Gasteiger partial charge in [0.05, 0.1) is 12.7 Å². The van der Waals surface area contributed by atoms with Gasteiger partial charge in [-0.25, -0.2) is 0 Å². The average molecular weight is 173 g/mol. The number of rotatable bonds is 3. The van der Waals surface area contributed by atoms with Crippen molar-refractivity contribution < 1.29 is 9.84 Å². The molecule has 0 aromatic heterocycles. The summed E-state index contributed by atoms with van der Waals surface area (Å²) in [5, 5.41) is 8.74. The van der Waals surface area contributed by atoms with Gasteiger partial charge in [-0.05, 0) is 20.3 Å². The van der Waals surface area contributed by atoms with Gasteiger partial charge in [0.25, 0.3) is 0 Å². The molecule has 1 aliphatic rings. The smallest absolute Gasteiger partial charge is 0.0724 e. The lowest BCUT2D eigenvalue weighted by Crippen LogP contribution is -2.45. The minimum absolute atomic E-state index is 0.233. The fourth-order valence-electron chi connectivity index (χ4n) is 1.53. The maximum atomic E-state index is 8.74. The number of ether oxygens (including phenoxy) is 1. The van der Waals surface area contributed by atoms with E-state index in [0.717, 1.165) is 26.1 Å². The number of hydrogen-bond acceptors (Lipinski definition) is 3. The summed E-state index contributed by atoms with van der Waals surface area (Å²) in [5.74, 6) is 0. The lowest BCUT2D eigenvalue weighted by Gasteiger charge is -2.35. The zero-order valence-corrected chi connectivity index (χ0v) is 7.99. The summed E-state index contributed by atoms with van der Waals surface area (Å²) in [4.78, 5) is 2.39. The van der Waals surface area contributed by atoms with Gasteiger partial charge in [0.1, 0.15) is 0 Å². The fraction of sp³-hybridized carbons (Fsp3) is 1.00. The molecule has 0 bridgehead atoms. The van der Waals surface area contributed by atoms with Crippen LogP contribution < -0.4 is 0 Å². The predicted molar refractivity (Wildman–Crippen MR) is 48.2 cm³/mol. The van der Waals surface area contributed by atoms with Crippen LogP contribution in [0.2, 0.25) is 0 Å². The van der Waals surface area contributed by atoms with Crippen LogP contribution in [0.4, 0.5) is 0 Å². The fourth-order valence-corrected chi connectivity index (χ4v) is 1.53. The average Bonchev–Trinajstić information content (AvgIpc) is 2.05. The van der Waals surface area contributed by atoms with Crippen LogP contribution >= 0.6 is 0 Å². The Bertz CT molecular complexity index is 126. The molecule has 0 aliphatic carbocycles. The molecule has 0 radical (unpaired) electrons. The van der Waals surface area contributed by atoms with Gasteiger partial charge in [-0.2, -0.15) is 0 Å². The van der Waals surface area contributed by atoms with E-state index in [1.54, 1.807) is 0 Å². The molecule has 3 nitrogen and oxygen atoms in total. The van der Waals surface area contributed by atoms with Gasteiger partial charge < -0.3 is 9.84 Å². The Labute approximate surface area is 74.3 Å². The van der Waals surface area contributed by atoms with Crippen LogP contribution in [-0.2, 0) is 4.74 Å². The SMILES string of the molecule is CC(C)N1CCOC(CCO)C1. The van der Waals surface area contributed by atoms with Gasteiger partial charge in [0, 0.05) is 25.7 Å². The zero-order valence-electron chi connectivity index (χ0n) is 7.99. The van der Waals surface area contributed by atoms with Gasteiger partial charge >= 0.3 is 0 Å². The van der Waals surface area contributed by atoms with E-state index in [0.29, 0.717) is 6.04 Å². The summed E-state index contributed by atoms with van der Waals surface area (Å²) in [7, 11) is 0. The molecule has 1 heterocycles. The molecule has 0 amide bonds. The lowest BCUT2D eigenvalue weighted by atomic mass is 10.2. The Hall–Kier alpha value is -0.120. The molecule has 1 aliphatic heterocycles. The number of aliphatic hydroxyl groups is 1. The quantitative estimate of drug-likeness (QED) is 0.673. The van der Waals surface area contributed by atoms with Gasteiger partial charge in [-0.15, -0.1) is 0 Å². The summed E-state index contributed by atoms with van der Waals surface area (Å²) in [6.07, 6.45) is 1.01. The third-order valence-electron chi connectivity index (χ3n) is 2.35. The molecule has 1 rings (SSSR count). The molecular formula is C9H19NO2. The molecule has 1 atom stereocenters. The summed E-state index contributed by atoms with van der Waals surface area (Å²) in [6, 6.07) is 0.593. The van der Waals surface area contributed by atoms with E-state index in [-0.39, 0.29) is 12.7 Å². The van der Waals surface area contributed by atoms with Crippen LogP contribution in [0.3, 0.4) is 0 Å². The van der Waals surface area contributed by atoms with Crippen molar-refractivity contribution in [3.05, 3.63) is 0 Å². The van der Waals surface area contributed by atoms with Crippen molar-refractivity contribution >= 4 is 0 Å². The van der Waals surface area contributed by atoms with Gasteiger partial charge in [-0.3, -0.25) is 4.90 Å². The minimum atomic E-state index is 0.233. The summed E-state index contributed by atoms with van der Waals surface area (Å²) in [5.41, 5.74) is 0. The summed E-state index contributed by atoms with van der Waals surface area (Å²) < 4.78 is 5.50. The molecule has 0 saturated carbocycles. The van der Waals surface area contributed by atoms with E-state index in [4.69, 9.17) is 9.84 Å². The van der Waals surface area contributed by atoms with Gasteiger partial charge in [-0.1, -0.05) is 0 Å². The molecule has 1 N–H and O–H groups in total. The van der Waals surface area contributed by atoms with E-state index in [9.17, 15) is 0 Å². The van der Waals surface area contributed by atoms with Crippen molar-refractivity contribution in [3.63, 3.8) is 0 Å². The minimum Gasteiger partial charge on any atom is -0.396 e. The van der Waals surface area contributed by atoms with Gasteiger partial charge in [0.15, 0.2) is 0 Å². The van der Waals surface area contributed by atoms with E-state index in [1.165, 1.54) is 0 Å². The topological polar surface area (TPSA) is 32.7 Å². The third-order valence-corrected chi connectivity index (χ3v) is 2.35. The van der Waals surface area contributed by atoms with Crippen molar-refractivity contribution in [3.8, 4) is 0 Å². The second-order valence-electron chi connectivity index (χ2n) is 3.59. The maximum absolute atomic E-state index is 8.74. The number of nitrogens with zero attached hydrogens (tertiary/aromatic N) is 1. The van der Waals surface area contributed by atoms with E-state index in [1.807, 2.05) is 0 Å². The highest BCUT2D eigenvalue weighted by molar-refractivity contribution is 4.73. The highest BCUT2D eigenvalue weighted by atomic mass is 16.5. The molecule has 0 aromatic rings. The monoisotopic (exact) mass is 173 g/mol. The van der Waals surface area contributed by atoms with Crippen LogP contribution in [-0.4, -0.2) is 48.5 Å². The van der Waals surface area contributed by atoms with E-state index >= 15 is 0 Å². The van der Waals surface area contributed by atoms with Crippen molar-refractivity contribution in [2.75, 3.05) is 26.3 Å². The molecule has 3 heteroatoms. The molecule has 72 valence electrons. The first kappa shape index (κ1) is 9.96. The Morgan fingerprint density at radius 3 is 2.92 bits per heavy atom. The molecule has 0 spiro atoms. The van der Waals surface area contributed by atoms with Crippen molar-refractivity contribution in [2.45, 2.75) is 32.4 Å². The molecule has 0 aromatic carbocycles. The van der Waals surface area contributed by atoms with Crippen molar-refractivity contribution in [2.24, 2.45) is 0 Å². The first-order chi connectivity index (χ1) is 5.74. The summed E-state index contributed by atoms with van der Waals surface area (Å²) >= 11 is 0. The zero-order chi connectivity index (χ0) is 8.97. The second kappa shape index (κ2) is 4.80. The number of hydrogen-bond donors (Lipinski definition) is 1. The Kier molecular flexibility index (Phi) is 3.98. The van der Waals surface area contributed by atoms with Crippen LogP contribution in [0.25, 0.3) is 0 Å². The van der Waals surface area contributed by atoms with Crippen LogP contribution in [0.15, 0.2) is 0 Å². The Morgan fingerprint density at radius 2 is 2.33 bits per heavy atom.